The van der Waals surface area contributed by atoms with Crippen molar-refractivity contribution in [2.75, 3.05) is 0 Å². The molecule has 102 valence electrons. The summed E-state index contributed by atoms with van der Waals surface area (Å²) < 4.78 is 0. The normalized spacial score (nSPS) is 36.6. The lowest BCUT2D eigenvalue weighted by molar-refractivity contribution is -0.145. The Balaban J connectivity index is 1.89. The Bertz CT molecular complexity index is 435. The predicted molar refractivity (Wildman–Crippen MR) is 68.7 cm³/mol. The van der Waals surface area contributed by atoms with Crippen molar-refractivity contribution < 1.29 is 9.59 Å². The number of hydrogen-bond donors (Lipinski definition) is 0. The van der Waals surface area contributed by atoms with Crippen molar-refractivity contribution >= 4 is 11.8 Å². The van der Waals surface area contributed by atoms with E-state index in [1.54, 1.807) is 0 Å². The average molecular weight is 260 g/mol. The molecule has 0 aromatic carbocycles. The Labute approximate surface area is 113 Å². The topological polar surface area (TPSA) is 61.2 Å². The van der Waals surface area contributed by atoms with Gasteiger partial charge in [-0.1, -0.05) is 13.3 Å². The number of nitrogens with zero attached hydrogens (tertiary/aromatic N) is 2. The van der Waals surface area contributed by atoms with Gasteiger partial charge in [-0.3, -0.25) is 14.5 Å². The molecule has 2 saturated carbocycles. The third kappa shape index (κ3) is 1.64. The first-order valence-corrected chi connectivity index (χ1v) is 7.42. The van der Waals surface area contributed by atoms with Crippen molar-refractivity contribution in [2.24, 2.45) is 17.8 Å². The summed E-state index contributed by atoms with van der Waals surface area (Å²) in [7, 11) is 0. The molecule has 4 nitrogen and oxygen atoms in total. The monoisotopic (exact) mass is 260 g/mol. The van der Waals surface area contributed by atoms with Gasteiger partial charge in [-0.2, -0.15) is 5.26 Å². The van der Waals surface area contributed by atoms with Crippen LogP contribution < -0.4 is 0 Å². The smallest absolute Gasteiger partial charge is 0.234 e. The summed E-state index contributed by atoms with van der Waals surface area (Å²) in [4.78, 5) is 26.5. The summed E-state index contributed by atoms with van der Waals surface area (Å²) in [6, 6.07) is 2.28. The van der Waals surface area contributed by atoms with Gasteiger partial charge < -0.3 is 0 Å². The first-order valence-electron chi connectivity index (χ1n) is 7.42. The summed E-state index contributed by atoms with van der Waals surface area (Å²) >= 11 is 0. The first-order chi connectivity index (χ1) is 9.13. The number of fused-ring (bicyclic) bond motifs is 1. The Morgan fingerprint density at radius 2 is 1.74 bits per heavy atom. The van der Waals surface area contributed by atoms with E-state index >= 15 is 0 Å². The molecule has 3 aliphatic rings. The largest absolute Gasteiger partial charge is 0.274 e. The van der Waals surface area contributed by atoms with E-state index in [1.165, 1.54) is 4.90 Å². The van der Waals surface area contributed by atoms with Gasteiger partial charge in [-0.25, -0.2) is 0 Å². The van der Waals surface area contributed by atoms with E-state index in [-0.39, 0.29) is 23.7 Å². The van der Waals surface area contributed by atoms with E-state index in [9.17, 15) is 14.9 Å². The van der Waals surface area contributed by atoms with Gasteiger partial charge in [0.2, 0.25) is 11.8 Å². The lowest BCUT2D eigenvalue weighted by Crippen LogP contribution is -2.50. The molecule has 3 rings (SSSR count). The van der Waals surface area contributed by atoms with Gasteiger partial charge in [0.05, 0.1) is 17.9 Å². The maximum Gasteiger partial charge on any atom is 0.234 e. The average Bonchev–Trinajstić information content (AvgIpc) is 3.09. The van der Waals surface area contributed by atoms with Gasteiger partial charge in [0.15, 0.2) is 0 Å². The number of hydrogen-bond acceptors (Lipinski definition) is 3. The maximum absolute atomic E-state index is 12.6. The molecule has 1 aliphatic heterocycles. The molecule has 0 N–H and O–H groups in total. The van der Waals surface area contributed by atoms with Crippen molar-refractivity contribution in [1.29, 1.82) is 5.26 Å². The number of imide groups is 1. The van der Waals surface area contributed by atoms with Crippen LogP contribution in [0.1, 0.15) is 51.9 Å². The van der Waals surface area contributed by atoms with Gasteiger partial charge in [-0.15, -0.1) is 0 Å². The highest BCUT2D eigenvalue weighted by Gasteiger charge is 2.58. The van der Waals surface area contributed by atoms with E-state index < -0.39 is 5.54 Å². The minimum atomic E-state index is -0.819. The van der Waals surface area contributed by atoms with Crippen LogP contribution in [0, 0.1) is 29.1 Å². The van der Waals surface area contributed by atoms with Gasteiger partial charge in [0, 0.05) is 0 Å². The molecule has 1 heterocycles. The fourth-order valence-electron chi connectivity index (χ4n) is 4.23. The van der Waals surface area contributed by atoms with Crippen LogP contribution in [-0.2, 0) is 9.59 Å². The zero-order chi connectivity index (χ0) is 13.6. The highest BCUT2D eigenvalue weighted by atomic mass is 16.2. The second-order valence-corrected chi connectivity index (χ2v) is 6.32. The van der Waals surface area contributed by atoms with Crippen LogP contribution in [0.15, 0.2) is 0 Å². The van der Waals surface area contributed by atoms with Crippen LogP contribution in [0.3, 0.4) is 0 Å². The first kappa shape index (κ1) is 12.7. The van der Waals surface area contributed by atoms with Gasteiger partial charge in [-0.05, 0) is 44.4 Å². The Morgan fingerprint density at radius 1 is 1.21 bits per heavy atom. The van der Waals surface area contributed by atoms with Crippen molar-refractivity contribution in [3.05, 3.63) is 0 Å². The van der Waals surface area contributed by atoms with Crippen LogP contribution in [-0.4, -0.2) is 22.3 Å². The Morgan fingerprint density at radius 3 is 2.16 bits per heavy atom. The van der Waals surface area contributed by atoms with E-state index in [2.05, 4.69) is 13.0 Å². The zero-order valence-electron chi connectivity index (χ0n) is 11.4. The molecule has 0 bridgehead atoms. The number of amides is 2. The van der Waals surface area contributed by atoms with E-state index in [1.807, 2.05) is 0 Å². The van der Waals surface area contributed by atoms with Crippen molar-refractivity contribution in [2.45, 2.75) is 57.4 Å². The second kappa shape index (κ2) is 4.33. The second-order valence-electron chi connectivity index (χ2n) is 6.32. The van der Waals surface area contributed by atoms with Crippen LogP contribution in [0.2, 0.25) is 0 Å². The maximum atomic E-state index is 12.6. The van der Waals surface area contributed by atoms with Gasteiger partial charge in [0.1, 0.15) is 5.54 Å². The SMILES string of the molecule is CCC1CC2C(=O)N(C3(C#N)CCCC3)C(=O)C2C1. The summed E-state index contributed by atoms with van der Waals surface area (Å²) in [5.74, 6) is 0.113. The molecule has 0 aromatic heterocycles. The molecular weight excluding hydrogens is 240 g/mol. The highest BCUT2D eigenvalue weighted by molar-refractivity contribution is 6.06. The van der Waals surface area contributed by atoms with Gasteiger partial charge in [0.25, 0.3) is 0 Å². The minimum absolute atomic E-state index is 0.0607. The molecule has 2 amide bonds. The molecule has 2 atom stereocenters. The van der Waals surface area contributed by atoms with E-state index in [0.717, 1.165) is 32.1 Å². The molecule has 19 heavy (non-hydrogen) atoms. The molecule has 3 fully saturated rings. The fraction of sp³-hybridized carbons (Fsp3) is 0.800. The number of likely N-dealkylation sites (tertiary alicyclic amines) is 1. The van der Waals surface area contributed by atoms with Crippen molar-refractivity contribution in [3.8, 4) is 6.07 Å². The molecule has 2 aliphatic carbocycles. The van der Waals surface area contributed by atoms with Gasteiger partial charge >= 0.3 is 0 Å². The third-order valence-electron chi connectivity index (χ3n) is 5.38. The minimum Gasteiger partial charge on any atom is -0.274 e. The quantitative estimate of drug-likeness (QED) is 0.715. The summed E-state index contributed by atoms with van der Waals surface area (Å²) in [6.07, 6.45) is 5.93. The molecule has 4 heteroatoms. The number of nitriles is 1. The molecule has 0 aromatic rings. The van der Waals surface area contributed by atoms with Crippen molar-refractivity contribution in [3.63, 3.8) is 0 Å². The Kier molecular flexibility index (Phi) is 2.88. The third-order valence-corrected chi connectivity index (χ3v) is 5.38. The summed E-state index contributed by atoms with van der Waals surface area (Å²) in [5, 5.41) is 9.48. The summed E-state index contributed by atoms with van der Waals surface area (Å²) in [5.41, 5.74) is -0.819. The lowest BCUT2D eigenvalue weighted by Gasteiger charge is -2.31. The number of carbonyl (C=O) groups excluding carboxylic acids is 2. The summed E-state index contributed by atoms with van der Waals surface area (Å²) in [6.45, 7) is 2.12. The number of rotatable bonds is 2. The molecule has 1 saturated heterocycles. The standard InChI is InChI=1S/C15H20N2O2/c1-2-10-7-11-12(8-10)14(19)17(13(11)18)15(9-16)5-3-4-6-15/h10-12H,2-8H2,1H3. The zero-order valence-corrected chi connectivity index (χ0v) is 11.4. The fourth-order valence-corrected chi connectivity index (χ4v) is 4.23. The molecule has 0 spiro atoms. The molecule has 0 radical (unpaired) electrons. The van der Waals surface area contributed by atoms with Crippen molar-refractivity contribution in [1.82, 2.24) is 4.90 Å². The Hall–Kier alpha value is -1.37. The van der Waals surface area contributed by atoms with Crippen LogP contribution >= 0.6 is 0 Å². The number of carbonyl (C=O) groups is 2. The lowest BCUT2D eigenvalue weighted by atomic mass is 9.96. The highest BCUT2D eigenvalue weighted by Crippen LogP contribution is 2.48. The predicted octanol–water partition coefficient (Wildman–Crippen LogP) is 2.24. The van der Waals surface area contributed by atoms with E-state index in [4.69, 9.17) is 0 Å². The van der Waals surface area contributed by atoms with Crippen LogP contribution in [0.25, 0.3) is 0 Å². The van der Waals surface area contributed by atoms with Crippen LogP contribution in [0.5, 0.6) is 0 Å². The van der Waals surface area contributed by atoms with Crippen LogP contribution in [0.4, 0.5) is 0 Å². The van der Waals surface area contributed by atoms with E-state index in [0.29, 0.717) is 18.8 Å². The molecular formula is C15H20N2O2. The molecule has 2 unspecified atom stereocenters.